The molecule has 0 bridgehead atoms. The van der Waals surface area contributed by atoms with Crippen LogP contribution in [0.3, 0.4) is 0 Å². The second-order valence-electron chi connectivity index (χ2n) is 6.89. The number of guanidine groups is 1. The molecule has 0 aromatic heterocycles. The summed E-state index contributed by atoms with van der Waals surface area (Å²) in [6.45, 7) is 7.72. The number of hydrogen-bond acceptors (Lipinski definition) is 3. The number of ether oxygens (including phenoxy) is 1. The predicted octanol–water partition coefficient (Wildman–Crippen LogP) is 4.02. The van der Waals surface area contributed by atoms with Crippen LogP contribution < -0.4 is 15.4 Å². The molecule has 0 fully saturated rings. The lowest BCUT2D eigenvalue weighted by Gasteiger charge is -2.27. The fraction of sp³-hybridized carbons (Fsp3) is 0.632. The standard InChI is InChI=1S/C19H30F3N3O2.HI/c1-5-18(4,12-26)11-25-17(23-6-2)24-10-15-8-7-14(3)9-16(15)27-13-19(20,21)22;/h7-9,26H,5-6,10-13H2,1-4H3,(H2,23,24,25);1H. The van der Waals surface area contributed by atoms with Gasteiger partial charge in [0, 0.05) is 24.1 Å². The third kappa shape index (κ3) is 9.81. The lowest BCUT2D eigenvalue weighted by atomic mass is 9.89. The maximum Gasteiger partial charge on any atom is 0.422 e. The Bertz CT molecular complexity index is 621. The molecule has 0 aliphatic rings. The molecule has 1 atom stereocenters. The van der Waals surface area contributed by atoms with Crippen molar-refractivity contribution in [3.63, 3.8) is 0 Å². The van der Waals surface area contributed by atoms with E-state index in [0.717, 1.165) is 12.0 Å². The molecule has 28 heavy (non-hydrogen) atoms. The van der Waals surface area contributed by atoms with Gasteiger partial charge in [-0.3, -0.25) is 0 Å². The number of aliphatic imine (C=N–C) groups is 1. The van der Waals surface area contributed by atoms with Crippen LogP contribution in [0.1, 0.15) is 38.3 Å². The minimum atomic E-state index is -4.39. The third-order valence-electron chi connectivity index (χ3n) is 4.28. The van der Waals surface area contributed by atoms with Gasteiger partial charge in [-0.25, -0.2) is 4.99 Å². The smallest absolute Gasteiger partial charge is 0.422 e. The molecule has 1 unspecified atom stereocenters. The van der Waals surface area contributed by atoms with Crippen molar-refractivity contribution in [3.05, 3.63) is 29.3 Å². The van der Waals surface area contributed by atoms with Crippen molar-refractivity contribution < 1.29 is 23.0 Å². The molecule has 0 spiro atoms. The van der Waals surface area contributed by atoms with E-state index in [-0.39, 0.29) is 48.3 Å². The highest BCUT2D eigenvalue weighted by molar-refractivity contribution is 14.0. The minimum absolute atomic E-state index is 0. The number of benzene rings is 1. The quantitative estimate of drug-likeness (QED) is 0.263. The fourth-order valence-electron chi connectivity index (χ4n) is 2.18. The molecule has 0 radical (unpaired) electrons. The molecule has 5 nitrogen and oxygen atoms in total. The van der Waals surface area contributed by atoms with Crippen molar-refractivity contribution in [1.82, 2.24) is 10.6 Å². The molecule has 0 saturated heterocycles. The summed E-state index contributed by atoms with van der Waals surface area (Å²) in [5.74, 6) is 0.716. The van der Waals surface area contributed by atoms with E-state index in [2.05, 4.69) is 15.6 Å². The van der Waals surface area contributed by atoms with E-state index in [1.54, 1.807) is 19.1 Å². The molecule has 0 saturated carbocycles. The highest BCUT2D eigenvalue weighted by Crippen LogP contribution is 2.24. The molecular weight excluding hydrogens is 486 g/mol. The van der Waals surface area contributed by atoms with Crippen LogP contribution in [0.2, 0.25) is 0 Å². The minimum Gasteiger partial charge on any atom is -0.484 e. The van der Waals surface area contributed by atoms with Crippen molar-refractivity contribution >= 4 is 29.9 Å². The number of aliphatic hydroxyl groups is 1. The Kier molecular flexibility index (Phi) is 11.8. The van der Waals surface area contributed by atoms with Crippen LogP contribution in [-0.4, -0.2) is 43.5 Å². The molecule has 1 aromatic rings. The number of nitrogens with zero attached hydrogens (tertiary/aromatic N) is 1. The Morgan fingerprint density at radius 2 is 1.89 bits per heavy atom. The first-order valence-electron chi connectivity index (χ1n) is 9.04. The van der Waals surface area contributed by atoms with Crippen molar-refractivity contribution in [2.24, 2.45) is 10.4 Å². The van der Waals surface area contributed by atoms with Gasteiger partial charge in [-0.15, -0.1) is 24.0 Å². The van der Waals surface area contributed by atoms with E-state index in [1.807, 2.05) is 26.8 Å². The van der Waals surface area contributed by atoms with Gasteiger partial charge in [0.25, 0.3) is 0 Å². The Hall–Kier alpha value is -1.23. The lowest BCUT2D eigenvalue weighted by molar-refractivity contribution is -0.153. The van der Waals surface area contributed by atoms with E-state index in [9.17, 15) is 18.3 Å². The number of halogens is 4. The van der Waals surface area contributed by atoms with Crippen LogP contribution in [-0.2, 0) is 6.54 Å². The average molecular weight is 517 g/mol. The highest BCUT2D eigenvalue weighted by Gasteiger charge is 2.28. The van der Waals surface area contributed by atoms with Gasteiger partial charge in [-0.1, -0.05) is 26.0 Å². The predicted molar refractivity (Wildman–Crippen MR) is 116 cm³/mol. The van der Waals surface area contributed by atoms with Gasteiger partial charge in [0.15, 0.2) is 12.6 Å². The second-order valence-corrected chi connectivity index (χ2v) is 6.89. The molecule has 162 valence electrons. The van der Waals surface area contributed by atoms with E-state index >= 15 is 0 Å². The number of aryl methyl sites for hydroxylation is 1. The van der Waals surface area contributed by atoms with Crippen molar-refractivity contribution in [2.75, 3.05) is 26.3 Å². The summed E-state index contributed by atoms with van der Waals surface area (Å²) in [5, 5.41) is 15.8. The van der Waals surface area contributed by atoms with Gasteiger partial charge in [-0.05, 0) is 31.9 Å². The van der Waals surface area contributed by atoms with Gasteiger partial charge in [-0.2, -0.15) is 13.2 Å². The largest absolute Gasteiger partial charge is 0.484 e. The maximum absolute atomic E-state index is 12.5. The first kappa shape index (κ1) is 26.8. The Labute approximate surface area is 182 Å². The summed E-state index contributed by atoms with van der Waals surface area (Å²) < 4.78 is 42.4. The Balaban J connectivity index is 0.00000729. The maximum atomic E-state index is 12.5. The van der Waals surface area contributed by atoms with Gasteiger partial charge in [0.05, 0.1) is 13.2 Å². The molecule has 0 heterocycles. The first-order valence-corrected chi connectivity index (χ1v) is 9.04. The zero-order valence-electron chi connectivity index (χ0n) is 16.8. The number of hydrogen-bond donors (Lipinski definition) is 3. The summed E-state index contributed by atoms with van der Waals surface area (Å²) in [5.41, 5.74) is 1.11. The van der Waals surface area contributed by atoms with Gasteiger partial charge in [0.1, 0.15) is 5.75 Å². The number of aliphatic hydroxyl groups excluding tert-OH is 1. The highest BCUT2D eigenvalue weighted by atomic mass is 127. The van der Waals surface area contributed by atoms with Crippen molar-refractivity contribution in [1.29, 1.82) is 0 Å². The first-order chi connectivity index (χ1) is 12.6. The third-order valence-corrected chi connectivity index (χ3v) is 4.28. The fourth-order valence-corrected chi connectivity index (χ4v) is 2.18. The SMILES string of the molecule is CCNC(=NCc1ccc(C)cc1OCC(F)(F)F)NCC(C)(CC)CO.I. The van der Waals surface area contributed by atoms with E-state index in [4.69, 9.17) is 4.74 Å². The van der Waals surface area contributed by atoms with Crippen LogP contribution in [0, 0.1) is 12.3 Å². The molecule has 0 aliphatic heterocycles. The van der Waals surface area contributed by atoms with Gasteiger partial charge < -0.3 is 20.5 Å². The summed E-state index contributed by atoms with van der Waals surface area (Å²) in [7, 11) is 0. The number of alkyl halides is 3. The average Bonchev–Trinajstić information content (AvgIpc) is 2.62. The van der Waals surface area contributed by atoms with Crippen molar-refractivity contribution in [3.8, 4) is 5.75 Å². The number of nitrogens with one attached hydrogen (secondary N) is 2. The van der Waals surface area contributed by atoms with Crippen LogP contribution >= 0.6 is 24.0 Å². The zero-order valence-corrected chi connectivity index (χ0v) is 19.1. The molecule has 0 aliphatic carbocycles. The summed E-state index contributed by atoms with van der Waals surface area (Å²) >= 11 is 0. The zero-order chi connectivity index (χ0) is 20.5. The van der Waals surface area contributed by atoms with E-state index < -0.39 is 12.8 Å². The topological polar surface area (TPSA) is 65.9 Å². The Morgan fingerprint density at radius 1 is 1.21 bits per heavy atom. The van der Waals surface area contributed by atoms with Gasteiger partial charge in [0.2, 0.25) is 0 Å². The molecule has 0 amide bonds. The normalized spacial score (nSPS) is 14.1. The summed E-state index contributed by atoms with van der Waals surface area (Å²) in [6, 6.07) is 5.11. The molecule has 9 heteroatoms. The second kappa shape index (κ2) is 12.4. The number of rotatable bonds is 9. The van der Waals surface area contributed by atoms with E-state index in [1.165, 1.54) is 0 Å². The monoisotopic (exact) mass is 517 g/mol. The van der Waals surface area contributed by atoms with Gasteiger partial charge >= 0.3 is 6.18 Å². The summed E-state index contributed by atoms with van der Waals surface area (Å²) in [4.78, 5) is 4.44. The van der Waals surface area contributed by atoms with Crippen LogP contribution in [0.25, 0.3) is 0 Å². The van der Waals surface area contributed by atoms with Crippen molar-refractivity contribution in [2.45, 2.75) is 46.8 Å². The molecule has 1 rings (SSSR count). The molecule has 1 aromatic carbocycles. The summed E-state index contributed by atoms with van der Waals surface area (Å²) in [6.07, 6.45) is -3.60. The van der Waals surface area contributed by atoms with E-state index in [0.29, 0.717) is 24.6 Å². The Morgan fingerprint density at radius 3 is 2.43 bits per heavy atom. The molecule has 3 N–H and O–H groups in total. The van der Waals surface area contributed by atoms with Crippen LogP contribution in [0.4, 0.5) is 13.2 Å². The van der Waals surface area contributed by atoms with Crippen LogP contribution in [0.15, 0.2) is 23.2 Å². The van der Waals surface area contributed by atoms with Crippen LogP contribution in [0.5, 0.6) is 5.75 Å². The molecular formula is C19H31F3IN3O2. The lowest BCUT2D eigenvalue weighted by Crippen LogP contribution is -2.43.